The quantitative estimate of drug-likeness (QED) is 0.311. The van der Waals surface area contributed by atoms with Crippen LogP contribution in [0.15, 0.2) is 79.0 Å². The van der Waals surface area contributed by atoms with Crippen LogP contribution in [0.3, 0.4) is 0 Å². The number of hydrogen-bond donors (Lipinski definition) is 2. The van der Waals surface area contributed by atoms with Crippen LogP contribution in [0.1, 0.15) is 15.9 Å². The Bertz CT molecular complexity index is 1320. The lowest BCUT2D eigenvalue weighted by Gasteiger charge is -2.12. The van der Waals surface area contributed by atoms with E-state index >= 15 is 0 Å². The van der Waals surface area contributed by atoms with E-state index < -0.39 is 11.7 Å². The van der Waals surface area contributed by atoms with Crippen LogP contribution in [-0.2, 0) is 6.18 Å². The number of nitrogens with zero attached hydrogens (tertiary/aromatic N) is 1. The van der Waals surface area contributed by atoms with Crippen LogP contribution in [0.25, 0.3) is 10.9 Å². The molecule has 0 atom stereocenters. The van der Waals surface area contributed by atoms with Crippen LogP contribution in [-0.4, -0.2) is 31.2 Å². The number of aromatic nitrogens is 1. The van der Waals surface area contributed by atoms with Crippen LogP contribution in [0.2, 0.25) is 0 Å². The summed E-state index contributed by atoms with van der Waals surface area (Å²) >= 11 is 0. The van der Waals surface area contributed by atoms with Crippen LogP contribution in [0.4, 0.5) is 24.5 Å². The Labute approximate surface area is 199 Å². The highest BCUT2D eigenvalue weighted by molar-refractivity contribution is 5.95. The first-order valence-corrected chi connectivity index (χ1v) is 10.7. The lowest BCUT2D eigenvalue weighted by Crippen LogP contribution is -2.28. The van der Waals surface area contributed by atoms with Crippen molar-refractivity contribution in [2.24, 2.45) is 0 Å². The first-order chi connectivity index (χ1) is 16.8. The van der Waals surface area contributed by atoms with Crippen LogP contribution in [0, 0.1) is 0 Å². The minimum atomic E-state index is -4.43. The monoisotopic (exact) mass is 481 g/mol. The summed E-state index contributed by atoms with van der Waals surface area (Å²) in [7, 11) is 1.56. The number of ether oxygens (including phenoxy) is 2. The highest BCUT2D eigenvalue weighted by Gasteiger charge is 2.30. The van der Waals surface area contributed by atoms with Crippen molar-refractivity contribution >= 4 is 28.2 Å². The molecular formula is C26H22F3N3O3. The Morgan fingerprint density at radius 2 is 1.71 bits per heavy atom. The van der Waals surface area contributed by atoms with Gasteiger partial charge < -0.3 is 20.1 Å². The van der Waals surface area contributed by atoms with E-state index in [-0.39, 0.29) is 18.0 Å². The van der Waals surface area contributed by atoms with E-state index in [2.05, 4.69) is 15.6 Å². The number of pyridine rings is 1. The largest absolute Gasteiger partial charge is 0.493 e. The maximum absolute atomic E-state index is 13.0. The van der Waals surface area contributed by atoms with Gasteiger partial charge in [0, 0.05) is 28.5 Å². The third-order valence-electron chi connectivity index (χ3n) is 5.21. The average Bonchev–Trinajstić information content (AvgIpc) is 2.86. The molecule has 1 heterocycles. The summed E-state index contributed by atoms with van der Waals surface area (Å²) in [5.74, 6) is 0.955. The van der Waals surface area contributed by atoms with E-state index in [0.717, 1.165) is 12.1 Å². The molecule has 0 aliphatic heterocycles. The first-order valence-electron chi connectivity index (χ1n) is 10.7. The molecule has 0 bridgehead atoms. The normalized spacial score (nSPS) is 11.2. The molecule has 0 aliphatic carbocycles. The zero-order chi connectivity index (χ0) is 24.8. The number of fused-ring (bicyclic) bond motifs is 1. The number of nitrogens with one attached hydrogen (secondary N) is 2. The molecule has 9 heteroatoms. The van der Waals surface area contributed by atoms with E-state index in [4.69, 9.17) is 9.47 Å². The van der Waals surface area contributed by atoms with Gasteiger partial charge in [-0.1, -0.05) is 18.2 Å². The van der Waals surface area contributed by atoms with Crippen molar-refractivity contribution in [1.82, 2.24) is 10.3 Å². The molecule has 0 spiro atoms. The van der Waals surface area contributed by atoms with Crippen molar-refractivity contribution in [3.63, 3.8) is 0 Å². The van der Waals surface area contributed by atoms with Crippen LogP contribution in [0.5, 0.6) is 11.5 Å². The van der Waals surface area contributed by atoms with Crippen molar-refractivity contribution < 1.29 is 27.4 Å². The summed E-state index contributed by atoms with van der Waals surface area (Å²) in [6.07, 6.45) is -2.99. The fourth-order valence-corrected chi connectivity index (χ4v) is 3.46. The second-order valence-electron chi connectivity index (χ2n) is 7.55. The van der Waals surface area contributed by atoms with Crippen LogP contribution >= 0.6 is 0 Å². The standard InChI is InChI=1S/C26H22F3N3O3/c1-34-23-4-2-3-5-24(23)35-15-14-31-25(33)17-6-9-19(10-7-17)32-21-12-13-30-22-16-18(26(27,28)29)8-11-20(21)22/h2-13,16H,14-15H2,1H3,(H,30,32)(H,31,33). The first kappa shape index (κ1) is 23.9. The predicted molar refractivity (Wildman–Crippen MR) is 127 cm³/mol. The molecule has 4 rings (SSSR count). The van der Waals surface area contributed by atoms with Gasteiger partial charge in [0.2, 0.25) is 0 Å². The van der Waals surface area contributed by atoms with E-state index in [9.17, 15) is 18.0 Å². The molecule has 180 valence electrons. The minimum absolute atomic E-state index is 0.233. The number of halogens is 3. The molecule has 2 N–H and O–H groups in total. The van der Waals surface area contributed by atoms with Crippen molar-refractivity contribution in [3.05, 3.63) is 90.1 Å². The van der Waals surface area contributed by atoms with E-state index in [0.29, 0.717) is 40.4 Å². The van der Waals surface area contributed by atoms with Gasteiger partial charge in [0.05, 0.1) is 24.7 Å². The van der Waals surface area contributed by atoms with Crippen molar-refractivity contribution in [2.45, 2.75) is 6.18 Å². The summed E-state index contributed by atoms with van der Waals surface area (Å²) in [5.41, 5.74) is 1.22. The molecule has 1 amide bonds. The highest BCUT2D eigenvalue weighted by Crippen LogP contribution is 2.33. The minimum Gasteiger partial charge on any atom is -0.493 e. The number of carbonyl (C=O) groups is 1. The number of benzene rings is 3. The molecule has 4 aromatic rings. The number of carbonyl (C=O) groups excluding carboxylic acids is 1. The fourth-order valence-electron chi connectivity index (χ4n) is 3.46. The molecular weight excluding hydrogens is 459 g/mol. The van der Waals surface area contributed by atoms with E-state index in [1.165, 1.54) is 12.3 Å². The molecule has 0 radical (unpaired) electrons. The van der Waals surface area contributed by atoms with Crippen molar-refractivity contribution in [1.29, 1.82) is 0 Å². The van der Waals surface area contributed by atoms with Gasteiger partial charge in [0.25, 0.3) is 5.91 Å². The summed E-state index contributed by atoms with van der Waals surface area (Å²) < 4.78 is 49.8. The lowest BCUT2D eigenvalue weighted by atomic mass is 10.1. The Balaban J connectivity index is 1.35. The molecule has 0 unspecified atom stereocenters. The molecule has 3 aromatic carbocycles. The summed E-state index contributed by atoms with van der Waals surface area (Å²) in [4.78, 5) is 16.5. The van der Waals surface area contributed by atoms with Gasteiger partial charge in [-0.25, -0.2) is 0 Å². The Kier molecular flexibility index (Phi) is 7.05. The molecule has 1 aromatic heterocycles. The predicted octanol–water partition coefficient (Wildman–Crippen LogP) is 5.81. The summed E-state index contributed by atoms with van der Waals surface area (Å²) in [5, 5.41) is 6.51. The topological polar surface area (TPSA) is 72.5 Å². The SMILES string of the molecule is COc1ccccc1OCCNC(=O)c1ccc(Nc2ccnc3cc(C(F)(F)F)ccc23)cc1. The highest BCUT2D eigenvalue weighted by atomic mass is 19.4. The lowest BCUT2D eigenvalue weighted by molar-refractivity contribution is -0.137. The molecule has 0 aliphatic rings. The Hall–Kier alpha value is -4.27. The van der Waals surface area contributed by atoms with Gasteiger partial charge in [-0.15, -0.1) is 0 Å². The summed E-state index contributed by atoms with van der Waals surface area (Å²) in [6, 6.07) is 19.1. The van der Waals surface area contributed by atoms with Crippen molar-refractivity contribution in [3.8, 4) is 11.5 Å². The molecule has 0 saturated heterocycles. The summed E-state index contributed by atoms with van der Waals surface area (Å²) in [6.45, 7) is 0.580. The Morgan fingerprint density at radius 3 is 2.43 bits per heavy atom. The van der Waals surface area contributed by atoms with E-state index in [1.807, 2.05) is 12.1 Å². The van der Waals surface area contributed by atoms with Gasteiger partial charge in [-0.05, 0) is 54.6 Å². The number of alkyl halides is 3. The zero-order valence-corrected chi connectivity index (χ0v) is 18.7. The fraction of sp³-hybridized carbons (Fsp3) is 0.154. The molecule has 35 heavy (non-hydrogen) atoms. The van der Waals surface area contributed by atoms with Crippen molar-refractivity contribution in [2.75, 3.05) is 25.6 Å². The maximum Gasteiger partial charge on any atom is 0.416 e. The number of para-hydroxylation sites is 2. The van der Waals surface area contributed by atoms with Gasteiger partial charge >= 0.3 is 6.18 Å². The van der Waals surface area contributed by atoms with Gasteiger partial charge in [0.15, 0.2) is 11.5 Å². The van der Waals surface area contributed by atoms with Gasteiger partial charge in [-0.3, -0.25) is 9.78 Å². The number of methoxy groups -OCH3 is 1. The average molecular weight is 481 g/mol. The van der Waals surface area contributed by atoms with Gasteiger partial charge in [0.1, 0.15) is 6.61 Å². The number of hydrogen-bond acceptors (Lipinski definition) is 5. The molecule has 6 nitrogen and oxygen atoms in total. The van der Waals surface area contributed by atoms with Crippen LogP contribution < -0.4 is 20.1 Å². The second-order valence-corrected chi connectivity index (χ2v) is 7.55. The van der Waals surface area contributed by atoms with E-state index in [1.54, 1.807) is 49.6 Å². The maximum atomic E-state index is 13.0. The smallest absolute Gasteiger partial charge is 0.416 e. The second kappa shape index (κ2) is 10.3. The molecule has 0 fully saturated rings. The van der Waals surface area contributed by atoms with Gasteiger partial charge in [-0.2, -0.15) is 13.2 Å². The number of anilines is 2. The number of rotatable bonds is 8. The third kappa shape index (κ3) is 5.81. The zero-order valence-electron chi connectivity index (χ0n) is 18.7. The third-order valence-corrected chi connectivity index (χ3v) is 5.21. The Morgan fingerprint density at radius 1 is 0.971 bits per heavy atom. The number of amides is 1. The molecule has 0 saturated carbocycles.